The predicted octanol–water partition coefficient (Wildman–Crippen LogP) is 0.530. The van der Waals surface area contributed by atoms with E-state index in [1.807, 2.05) is 0 Å². The molecule has 0 aromatic rings. The molecule has 0 spiro atoms. The number of carbonyl (C=O) groups is 1. The van der Waals surface area contributed by atoms with Crippen LogP contribution in [0, 0.1) is 0 Å². The Kier molecular flexibility index (Phi) is 2.72. The summed E-state index contributed by atoms with van der Waals surface area (Å²) in [5.41, 5.74) is 0.885. The van der Waals surface area contributed by atoms with Crippen LogP contribution in [0.5, 0.6) is 0 Å². The van der Waals surface area contributed by atoms with Crippen LogP contribution in [-0.2, 0) is 4.79 Å². The van der Waals surface area contributed by atoms with Gasteiger partial charge in [0.2, 0.25) is 0 Å². The van der Waals surface area contributed by atoms with Crippen LogP contribution in [0.3, 0.4) is 0 Å². The van der Waals surface area contributed by atoms with Gasteiger partial charge in [0.05, 0.1) is 0 Å². The Morgan fingerprint density at radius 2 is 2.75 bits per heavy atom. The lowest BCUT2D eigenvalue weighted by atomic mass is 10.8. The monoisotopic (exact) mass is 149 g/mol. The Morgan fingerprint density at radius 3 is 3.25 bits per heavy atom. The zero-order valence-electron chi connectivity index (χ0n) is 4.29. The van der Waals surface area contributed by atoms with Gasteiger partial charge in [-0.2, -0.15) is 0 Å². The molecular formula is C4H7NOS2. The van der Waals surface area contributed by atoms with Crippen LogP contribution in [0.2, 0.25) is 0 Å². The minimum Gasteiger partial charge on any atom is -0.296 e. The molecule has 4 heteroatoms. The molecule has 0 aliphatic carbocycles. The molecule has 1 atom stereocenters. The summed E-state index contributed by atoms with van der Waals surface area (Å²) in [4.78, 5) is 9.87. The van der Waals surface area contributed by atoms with Crippen LogP contribution >= 0.6 is 23.5 Å². The van der Waals surface area contributed by atoms with Crippen molar-refractivity contribution in [1.29, 1.82) is 0 Å². The quantitative estimate of drug-likeness (QED) is 0.580. The average molecular weight is 149 g/mol. The fraction of sp³-hybridized carbons (Fsp3) is 0.750. The van der Waals surface area contributed by atoms with E-state index in [0.717, 1.165) is 17.9 Å². The van der Waals surface area contributed by atoms with Crippen molar-refractivity contribution in [2.45, 2.75) is 4.71 Å². The summed E-state index contributed by atoms with van der Waals surface area (Å²) in [6, 6.07) is 0. The smallest absolute Gasteiger partial charge is 0.178 e. The first-order valence-electron chi connectivity index (χ1n) is 2.37. The van der Waals surface area contributed by atoms with Crippen LogP contribution in [0.25, 0.3) is 0 Å². The lowest BCUT2D eigenvalue weighted by Crippen LogP contribution is -2.15. The van der Waals surface area contributed by atoms with E-state index in [-0.39, 0.29) is 0 Å². The third kappa shape index (κ3) is 1.69. The van der Waals surface area contributed by atoms with Crippen molar-refractivity contribution in [3.05, 3.63) is 0 Å². The molecule has 1 N–H and O–H groups in total. The van der Waals surface area contributed by atoms with E-state index in [2.05, 4.69) is 5.32 Å². The minimum absolute atomic E-state index is 0.326. The number of hydrogen-bond acceptors (Lipinski definition) is 4. The number of rotatable bonds is 2. The maximum absolute atomic E-state index is 9.87. The van der Waals surface area contributed by atoms with Crippen molar-refractivity contribution in [2.24, 2.45) is 0 Å². The highest BCUT2D eigenvalue weighted by Gasteiger charge is 2.13. The van der Waals surface area contributed by atoms with E-state index in [0.29, 0.717) is 4.71 Å². The zero-order chi connectivity index (χ0) is 5.82. The summed E-state index contributed by atoms with van der Waals surface area (Å²) in [6.45, 7) is 1.04. The van der Waals surface area contributed by atoms with E-state index in [1.165, 1.54) is 11.8 Å². The Hall–Kier alpha value is 0.330. The molecule has 1 aliphatic heterocycles. The van der Waals surface area contributed by atoms with Gasteiger partial charge < -0.3 is 0 Å². The molecule has 1 saturated heterocycles. The van der Waals surface area contributed by atoms with Gasteiger partial charge in [0.1, 0.15) is 4.71 Å². The first-order chi connectivity index (χ1) is 3.93. The maximum atomic E-state index is 9.87. The van der Waals surface area contributed by atoms with Gasteiger partial charge in [-0.3, -0.25) is 10.1 Å². The summed E-state index contributed by atoms with van der Waals surface area (Å²) < 4.78 is 0.326. The third-order valence-corrected chi connectivity index (χ3v) is 3.04. The largest absolute Gasteiger partial charge is 0.296 e. The van der Waals surface area contributed by atoms with Crippen molar-refractivity contribution >= 4 is 29.1 Å². The Labute approximate surface area is 56.8 Å². The molecule has 1 rings (SSSR count). The number of carbonyl (C=O) groups excluding carboxylic acids is 1. The van der Waals surface area contributed by atoms with Gasteiger partial charge in [-0.1, -0.05) is 11.8 Å². The highest BCUT2D eigenvalue weighted by molar-refractivity contribution is 8.23. The molecule has 0 amide bonds. The standard InChI is InChI=1S/C4H7NOS2/c6-3-8-4-5-1-2-7-4/h3-5H,1-2H2. The number of nitrogens with one attached hydrogen (secondary N) is 1. The minimum atomic E-state index is 0.326. The van der Waals surface area contributed by atoms with E-state index in [1.54, 1.807) is 11.8 Å². The molecule has 1 fully saturated rings. The Morgan fingerprint density at radius 1 is 1.88 bits per heavy atom. The average Bonchev–Trinajstić information content (AvgIpc) is 2.19. The highest BCUT2D eigenvalue weighted by atomic mass is 32.2. The van der Waals surface area contributed by atoms with Gasteiger partial charge in [0.15, 0.2) is 5.62 Å². The molecule has 1 aliphatic rings. The Balaban J connectivity index is 2.14. The number of hydrogen-bond donors (Lipinski definition) is 1. The second kappa shape index (κ2) is 3.37. The molecule has 0 saturated carbocycles. The normalized spacial score (nSPS) is 28.2. The van der Waals surface area contributed by atoms with Crippen molar-refractivity contribution in [3.8, 4) is 0 Å². The Bertz CT molecular complexity index is 82.1. The van der Waals surface area contributed by atoms with Crippen molar-refractivity contribution in [1.82, 2.24) is 5.32 Å². The molecule has 2 nitrogen and oxygen atoms in total. The van der Waals surface area contributed by atoms with Gasteiger partial charge in [0, 0.05) is 12.3 Å². The van der Waals surface area contributed by atoms with Crippen LogP contribution < -0.4 is 5.32 Å². The molecule has 46 valence electrons. The first kappa shape index (κ1) is 6.45. The maximum Gasteiger partial charge on any atom is 0.178 e. The molecule has 0 bridgehead atoms. The molecule has 1 heterocycles. The third-order valence-electron chi connectivity index (χ3n) is 0.861. The van der Waals surface area contributed by atoms with Crippen molar-refractivity contribution < 1.29 is 4.79 Å². The van der Waals surface area contributed by atoms with Gasteiger partial charge in [-0.25, -0.2) is 0 Å². The van der Waals surface area contributed by atoms with Crippen molar-refractivity contribution in [3.63, 3.8) is 0 Å². The zero-order valence-corrected chi connectivity index (χ0v) is 5.93. The molecule has 0 radical (unpaired) electrons. The van der Waals surface area contributed by atoms with E-state index in [9.17, 15) is 4.79 Å². The fourth-order valence-corrected chi connectivity index (χ4v) is 2.28. The highest BCUT2D eigenvalue weighted by Crippen LogP contribution is 2.22. The topological polar surface area (TPSA) is 29.1 Å². The second-order valence-corrected chi connectivity index (χ2v) is 3.84. The predicted molar refractivity (Wildman–Crippen MR) is 38.6 cm³/mol. The van der Waals surface area contributed by atoms with Gasteiger partial charge in [-0.05, 0) is 0 Å². The van der Waals surface area contributed by atoms with Crippen LogP contribution in [0.1, 0.15) is 0 Å². The fourth-order valence-electron chi connectivity index (χ4n) is 0.540. The lowest BCUT2D eigenvalue weighted by Gasteiger charge is -1.99. The molecular weight excluding hydrogens is 142 g/mol. The molecule has 0 aromatic heterocycles. The SMILES string of the molecule is O=CSC1NCCS1. The van der Waals surface area contributed by atoms with E-state index >= 15 is 0 Å². The van der Waals surface area contributed by atoms with Crippen LogP contribution in [0.15, 0.2) is 0 Å². The van der Waals surface area contributed by atoms with Gasteiger partial charge >= 0.3 is 0 Å². The summed E-state index contributed by atoms with van der Waals surface area (Å²) in [7, 11) is 0. The molecule has 8 heavy (non-hydrogen) atoms. The van der Waals surface area contributed by atoms with Crippen LogP contribution in [-0.4, -0.2) is 22.6 Å². The van der Waals surface area contributed by atoms with Gasteiger partial charge in [-0.15, -0.1) is 11.8 Å². The molecule has 1 unspecified atom stereocenters. The second-order valence-electron chi connectivity index (χ2n) is 1.39. The summed E-state index contributed by atoms with van der Waals surface area (Å²) in [6.07, 6.45) is 0. The summed E-state index contributed by atoms with van der Waals surface area (Å²) >= 11 is 3.10. The lowest BCUT2D eigenvalue weighted by molar-refractivity contribution is 0.570. The number of thioether (sulfide) groups is 2. The van der Waals surface area contributed by atoms with Crippen LogP contribution in [0.4, 0.5) is 0 Å². The van der Waals surface area contributed by atoms with E-state index in [4.69, 9.17) is 0 Å². The first-order valence-corrected chi connectivity index (χ1v) is 4.37. The van der Waals surface area contributed by atoms with Gasteiger partial charge in [0.25, 0.3) is 0 Å². The van der Waals surface area contributed by atoms with Crippen molar-refractivity contribution in [2.75, 3.05) is 12.3 Å². The van der Waals surface area contributed by atoms with E-state index < -0.39 is 0 Å². The molecule has 0 aromatic carbocycles. The summed E-state index contributed by atoms with van der Waals surface area (Å²) in [5.74, 6) is 1.13. The summed E-state index contributed by atoms with van der Waals surface area (Å²) in [5, 5.41) is 3.15.